The van der Waals surface area contributed by atoms with Gasteiger partial charge in [0.2, 0.25) is 5.91 Å². The maximum absolute atomic E-state index is 13.1. The van der Waals surface area contributed by atoms with Crippen molar-refractivity contribution in [3.05, 3.63) is 0 Å². The number of carbonyl (C=O) groups is 2. The van der Waals surface area contributed by atoms with Gasteiger partial charge in [-0.05, 0) is 52.9 Å². The molecule has 6 heteroatoms. The highest BCUT2D eigenvalue weighted by atomic mass is 16.6. The Labute approximate surface area is 150 Å². The zero-order valence-corrected chi connectivity index (χ0v) is 15.8. The molecule has 2 amide bonds. The molecule has 142 valence electrons. The molecule has 0 bridgehead atoms. The Morgan fingerprint density at radius 2 is 1.84 bits per heavy atom. The molecule has 2 saturated heterocycles. The van der Waals surface area contributed by atoms with Crippen LogP contribution in [0.5, 0.6) is 0 Å². The van der Waals surface area contributed by atoms with E-state index in [1.54, 1.807) is 4.90 Å². The van der Waals surface area contributed by atoms with Crippen LogP contribution >= 0.6 is 0 Å². The number of hydrogen-bond donors (Lipinski definition) is 1. The Morgan fingerprint density at radius 3 is 2.56 bits per heavy atom. The molecule has 3 atom stereocenters. The predicted molar refractivity (Wildman–Crippen MR) is 94.1 cm³/mol. The molecule has 0 unspecified atom stereocenters. The maximum atomic E-state index is 13.1. The summed E-state index contributed by atoms with van der Waals surface area (Å²) in [6, 6.07) is -0.412. The highest BCUT2D eigenvalue weighted by molar-refractivity contribution is 5.86. The summed E-state index contributed by atoms with van der Waals surface area (Å²) in [5, 5.41) is 10.8. The van der Waals surface area contributed by atoms with Crippen LogP contribution in [-0.4, -0.2) is 63.8 Å². The van der Waals surface area contributed by atoms with Crippen LogP contribution in [-0.2, 0) is 9.53 Å². The minimum absolute atomic E-state index is 0.0241. The van der Waals surface area contributed by atoms with Crippen LogP contribution in [0.3, 0.4) is 0 Å². The molecule has 3 fully saturated rings. The third-order valence-electron chi connectivity index (χ3n) is 5.91. The zero-order valence-electron chi connectivity index (χ0n) is 15.8. The Morgan fingerprint density at radius 1 is 1.08 bits per heavy atom. The van der Waals surface area contributed by atoms with Crippen LogP contribution in [0.15, 0.2) is 0 Å². The highest BCUT2D eigenvalue weighted by Gasteiger charge is 2.46. The van der Waals surface area contributed by atoms with Gasteiger partial charge in [-0.1, -0.05) is 12.8 Å². The highest BCUT2D eigenvalue weighted by Crippen LogP contribution is 2.40. The van der Waals surface area contributed by atoms with Crippen LogP contribution in [0.25, 0.3) is 0 Å². The quantitative estimate of drug-likeness (QED) is 0.787. The average molecular weight is 352 g/mol. The molecule has 3 aliphatic rings. The fourth-order valence-corrected chi connectivity index (χ4v) is 4.54. The first-order valence-electron chi connectivity index (χ1n) is 9.70. The summed E-state index contributed by atoms with van der Waals surface area (Å²) >= 11 is 0. The SMILES string of the molecule is CC(C)(C)OC(=O)N1CCC[C@@H]1C(=O)N1CC[C@]2(O)CCCC[C@H]2C1. The van der Waals surface area contributed by atoms with Crippen molar-refractivity contribution in [1.82, 2.24) is 9.80 Å². The Kier molecular flexibility index (Phi) is 5.02. The summed E-state index contributed by atoms with van der Waals surface area (Å²) in [6.45, 7) is 7.30. The first kappa shape index (κ1) is 18.5. The largest absolute Gasteiger partial charge is 0.444 e. The molecule has 25 heavy (non-hydrogen) atoms. The Hall–Kier alpha value is -1.30. The van der Waals surface area contributed by atoms with Crippen LogP contribution in [0.2, 0.25) is 0 Å². The minimum atomic E-state index is -0.588. The monoisotopic (exact) mass is 352 g/mol. The Balaban J connectivity index is 1.65. The average Bonchev–Trinajstić information content (AvgIpc) is 3.01. The predicted octanol–water partition coefficient (Wildman–Crippen LogP) is 2.54. The first-order chi connectivity index (χ1) is 11.7. The molecule has 0 aromatic rings. The molecule has 0 radical (unpaired) electrons. The minimum Gasteiger partial charge on any atom is -0.444 e. The van der Waals surface area contributed by atoms with Gasteiger partial charge in [-0.25, -0.2) is 4.79 Å². The fourth-order valence-electron chi connectivity index (χ4n) is 4.54. The van der Waals surface area contributed by atoms with Crippen LogP contribution in [0, 0.1) is 5.92 Å². The third kappa shape index (κ3) is 3.94. The normalized spacial score (nSPS) is 33.1. The molecule has 0 aromatic heterocycles. The summed E-state index contributed by atoms with van der Waals surface area (Å²) in [6.07, 6.45) is 5.84. The number of hydrogen-bond acceptors (Lipinski definition) is 4. The molecule has 3 rings (SSSR count). The van der Waals surface area contributed by atoms with E-state index in [0.717, 1.165) is 32.1 Å². The zero-order chi connectivity index (χ0) is 18.2. The van der Waals surface area contributed by atoms with Crippen LogP contribution in [0.4, 0.5) is 4.79 Å². The topological polar surface area (TPSA) is 70.1 Å². The van der Waals surface area contributed by atoms with E-state index in [4.69, 9.17) is 4.74 Å². The third-order valence-corrected chi connectivity index (χ3v) is 5.91. The van der Waals surface area contributed by atoms with E-state index in [0.29, 0.717) is 32.5 Å². The second-order valence-electron chi connectivity index (χ2n) is 8.91. The lowest BCUT2D eigenvalue weighted by Crippen LogP contribution is -2.58. The summed E-state index contributed by atoms with van der Waals surface area (Å²) in [7, 11) is 0. The van der Waals surface area contributed by atoms with Gasteiger partial charge in [-0.15, -0.1) is 0 Å². The molecular weight excluding hydrogens is 320 g/mol. The number of nitrogens with zero attached hydrogens (tertiary/aromatic N) is 2. The van der Waals surface area contributed by atoms with Crippen molar-refractivity contribution in [2.24, 2.45) is 5.92 Å². The maximum Gasteiger partial charge on any atom is 0.410 e. The number of carbonyl (C=O) groups excluding carboxylic acids is 2. The molecule has 0 aromatic carbocycles. The van der Waals surface area contributed by atoms with E-state index in [9.17, 15) is 14.7 Å². The second kappa shape index (κ2) is 6.78. The molecule has 1 aliphatic carbocycles. The molecule has 0 spiro atoms. The molecular formula is C19H32N2O4. The summed E-state index contributed by atoms with van der Waals surface area (Å²) in [4.78, 5) is 29.0. The summed E-state index contributed by atoms with van der Waals surface area (Å²) in [5.74, 6) is 0.200. The Bertz CT molecular complexity index is 530. The number of likely N-dealkylation sites (tertiary alicyclic amines) is 2. The van der Waals surface area contributed by atoms with Gasteiger partial charge in [0, 0.05) is 25.6 Å². The van der Waals surface area contributed by atoms with E-state index < -0.39 is 23.3 Å². The van der Waals surface area contributed by atoms with Crippen molar-refractivity contribution < 1.29 is 19.4 Å². The standard InChI is InChI=1S/C19H32N2O4/c1-18(2,3)25-17(23)21-11-6-8-15(21)16(22)20-12-10-19(24)9-5-4-7-14(19)13-20/h14-15,24H,4-13H2,1-3H3/t14-,15+,19+/m0/s1. The lowest BCUT2D eigenvalue weighted by Gasteiger charge is -2.48. The molecule has 1 N–H and O–H groups in total. The van der Waals surface area contributed by atoms with Gasteiger partial charge < -0.3 is 14.7 Å². The fraction of sp³-hybridized carbons (Fsp3) is 0.895. The summed E-state index contributed by atoms with van der Waals surface area (Å²) in [5.41, 5.74) is -1.15. The van der Waals surface area contributed by atoms with E-state index in [2.05, 4.69) is 0 Å². The van der Waals surface area contributed by atoms with Crippen molar-refractivity contribution in [2.75, 3.05) is 19.6 Å². The van der Waals surface area contributed by atoms with Crippen LogP contribution < -0.4 is 0 Å². The molecule has 2 heterocycles. The molecule has 1 saturated carbocycles. The van der Waals surface area contributed by atoms with Gasteiger partial charge in [-0.3, -0.25) is 9.69 Å². The van der Waals surface area contributed by atoms with Crippen LogP contribution in [0.1, 0.15) is 65.7 Å². The van der Waals surface area contributed by atoms with Crippen molar-refractivity contribution in [3.8, 4) is 0 Å². The van der Waals surface area contributed by atoms with Gasteiger partial charge >= 0.3 is 6.09 Å². The lowest BCUT2D eigenvalue weighted by molar-refractivity contribution is -0.147. The second-order valence-corrected chi connectivity index (χ2v) is 8.91. The van der Waals surface area contributed by atoms with E-state index in [-0.39, 0.29) is 11.8 Å². The number of aliphatic hydroxyl groups is 1. The van der Waals surface area contributed by atoms with Gasteiger partial charge in [-0.2, -0.15) is 0 Å². The van der Waals surface area contributed by atoms with E-state index in [1.165, 1.54) is 0 Å². The van der Waals surface area contributed by atoms with Crippen molar-refractivity contribution >= 4 is 12.0 Å². The number of ether oxygens (including phenoxy) is 1. The van der Waals surface area contributed by atoms with Crippen molar-refractivity contribution in [2.45, 2.75) is 83.0 Å². The number of fused-ring (bicyclic) bond motifs is 1. The van der Waals surface area contributed by atoms with Gasteiger partial charge in [0.1, 0.15) is 11.6 Å². The lowest BCUT2D eigenvalue weighted by atomic mass is 9.71. The van der Waals surface area contributed by atoms with Gasteiger partial charge in [0.25, 0.3) is 0 Å². The smallest absolute Gasteiger partial charge is 0.410 e. The summed E-state index contributed by atoms with van der Waals surface area (Å²) < 4.78 is 5.47. The first-order valence-corrected chi connectivity index (χ1v) is 9.70. The van der Waals surface area contributed by atoms with Crippen molar-refractivity contribution in [3.63, 3.8) is 0 Å². The molecule has 2 aliphatic heterocycles. The number of amides is 2. The van der Waals surface area contributed by atoms with Crippen molar-refractivity contribution in [1.29, 1.82) is 0 Å². The van der Waals surface area contributed by atoms with E-state index in [1.807, 2.05) is 25.7 Å². The van der Waals surface area contributed by atoms with Gasteiger partial charge in [0.05, 0.1) is 5.60 Å². The van der Waals surface area contributed by atoms with E-state index >= 15 is 0 Å². The molecule has 6 nitrogen and oxygen atoms in total. The van der Waals surface area contributed by atoms with Gasteiger partial charge in [0.15, 0.2) is 0 Å². The number of rotatable bonds is 1. The number of piperidine rings is 1.